The Kier molecular flexibility index (Phi) is 10.2. The Morgan fingerprint density at radius 1 is 0.667 bits per heavy atom. The maximum atomic E-state index is 4.73. The maximum absolute atomic E-state index is 4.73. The van der Waals surface area contributed by atoms with Crippen LogP contribution in [0.4, 0.5) is 0 Å². The molecule has 0 aliphatic heterocycles. The molecule has 0 N–H and O–H groups in total. The number of hydrogen-bond acceptors (Lipinski definition) is 6. The molecule has 1 spiro atoms. The first-order chi connectivity index (χ1) is 28.0. The quantitative estimate of drug-likeness (QED) is 0.177. The predicted molar refractivity (Wildman–Crippen MR) is 246 cm³/mol. The van der Waals surface area contributed by atoms with Gasteiger partial charge in [0.05, 0.1) is 17.1 Å². The van der Waals surface area contributed by atoms with Gasteiger partial charge in [-0.05, 0) is 146 Å². The van der Waals surface area contributed by atoms with E-state index in [1.807, 2.05) is 18.3 Å². The summed E-state index contributed by atoms with van der Waals surface area (Å²) in [5.41, 5.74) is 16.7. The molecule has 2 aromatic carbocycles. The van der Waals surface area contributed by atoms with E-state index >= 15 is 0 Å². The Labute approximate surface area is 361 Å². The number of nitrogens with zero attached hydrogens (tertiary/aromatic N) is 6. The first-order valence-corrected chi connectivity index (χ1v) is 22.7. The number of aromatic nitrogens is 6. The van der Waals surface area contributed by atoms with Gasteiger partial charge in [0.25, 0.3) is 0 Å². The molecule has 6 heteroatoms. The Morgan fingerprint density at radius 3 is 1.97 bits per heavy atom. The second kappa shape index (κ2) is 14.4. The van der Waals surface area contributed by atoms with Crippen LogP contribution in [-0.4, -0.2) is 29.9 Å². The van der Waals surface area contributed by atoms with Crippen molar-refractivity contribution >= 4 is 0 Å². The van der Waals surface area contributed by atoms with Crippen molar-refractivity contribution in [3.63, 3.8) is 0 Å². The van der Waals surface area contributed by atoms with Crippen molar-refractivity contribution in [2.45, 2.75) is 163 Å². The second-order valence-electron chi connectivity index (χ2n) is 23.1. The number of benzene rings is 2. The van der Waals surface area contributed by atoms with Crippen molar-refractivity contribution in [3.8, 4) is 22.5 Å². The van der Waals surface area contributed by atoms with E-state index in [4.69, 9.17) is 4.98 Å². The zero-order chi connectivity index (χ0) is 43.3. The number of hydrogen-bond donors (Lipinski definition) is 0. The maximum Gasteiger partial charge on any atom is 0.116 e. The van der Waals surface area contributed by atoms with Crippen LogP contribution >= 0.6 is 0 Å². The fourth-order valence-electron chi connectivity index (χ4n) is 12.8. The molecule has 10 rings (SSSR count). The van der Waals surface area contributed by atoms with Gasteiger partial charge in [-0.1, -0.05) is 115 Å². The Bertz CT molecular complexity index is 2380. The molecule has 6 nitrogen and oxygen atoms in total. The minimum absolute atomic E-state index is 0.148. The molecule has 2 fully saturated rings. The molecule has 5 aliphatic carbocycles. The van der Waals surface area contributed by atoms with Gasteiger partial charge >= 0.3 is 0 Å². The van der Waals surface area contributed by atoms with Crippen LogP contribution in [0, 0.1) is 28.1 Å². The molecule has 5 aromatic rings. The number of fused-ring (bicyclic) bond motifs is 5. The molecule has 60 heavy (non-hydrogen) atoms. The van der Waals surface area contributed by atoms with Crippen molar-refractivity contribution in [2.24, 2.45) is 28.1 Å². The zero-order valence-corrected chi connectivity index (χ0v) is 39.2. The number of rotatable bonds is 2. The van der Waals surface area contributed by atoms with Crippen LogP contribution in [0.1, 0.15) is 168 Å². The summed E-state index contributed by atoms with van der Waals surface area (Å²) >= 11 is 0. The highest BCUT2D eigenvalue weighted by Gasteiger charge is 2.69. The topological polar surface area (TPSA) is 77.3 Å². The third-order valence-electron chi connectivity index (χ3n) is 17.1. The average Bonchev–Trinajstić information content (AvgIpc) is 3.89. The molecule has 3 aromatic heterocycles. The molecule has 3 heterocycles. The van der Waals surface area contributed by atoms with Gasteiger partial charge < -0.3 is 0 Å². The monoisotopic (exact) mass is 803 g/mol. The van der Waals surface area contributed by atoms with Crippen LogP contribution in [0.15, 0.2) is 80.0 Å². The highest BCUT2D eigenvalue weighted by Crippen LogP contribution is 2.77. The Balaban J connectivity index is 0.000000125. The Morgan fingerprint density at radius 2 is 1.32 bits per heavy atom. The van der Waals surface area contributed by atoms with Crippen molar-refractivity contribution in [3.05, 3.63) is 119 Å². The molecule has 2 saturated carbocycles. The Hall–Kier alpha value is -4.32. The van der Waals surface area contributed by atoms with Crippen molar-refractivity contribution in [1.82, 2.24) is 29.9 Å². The van der Waals surface area contributed by atoms with Crippen molar-refractivity contribution in [1.29, 1.82) is 0 Å². The summed E-state index contributed by atoms with van der Waals surface area (Å²) in [7, 11) is 0. The van der Waals surface area contributed by atoms with Crippen LogP contribution in [0.3, 0.4) is 0 Å². The first kappa shape index (κ1) is 42.4. The van der Waals surface area contributed by atoms with E-state index < -0.39 is 0 Å². The average molecular weight is 803 g/mol. The summed E-state index contributed by atoms with van der Waals surface area (Å²) in [6, 6.07) is 15.6. The van der Waals surface area contributed by atoms with E-state index in [0.717, 1.165) is 30.1 Å². The van der Waals surface area contributed by atoms with Gasteiger partial charge in [0.15, 0.2) is 0 Å². The minimum Gasteiger partial charge on any atom is -0.245 e. The second-order valence-corrected chi connectivity index (χ2v) is 23.1. The van der Waals surface area contributed by atoms with E-state index in [0.29, 0.717) is 28.1 Å². The standard InChI is InChI=1S/C19H24N2.C18H22N2.C17H24N2/c1-18(2,3)13-10-15(17-7-9-20-12-21-17)14-6-8-19(4,5)16(14)11-13;1-12-17(2,3)14-7-6-13(10-15(14)18(12,4)5)16-8-9-19-11-20-16;1-15(2)7-11-9-18-10-19-13(11)14-16(3,4)12-5-6-17(14,15)8-12/h7,9-12H,6,8H2,1-5H3;6-12H,1-5H3;9-10,12,14H,5-8H2,1-4H3. The first-order valence-electron chi connectivity index (χ1n) is 22.7. The molecule has 0 radical (unpaired) electrons. The highest BCUT2D eigenvalue weighted by atomic mass is 14.9. The van der Waals surface area contributed by atoms with Gasteiger partial charge in [-0.25, -0.2) is 29.9 Å². The lowest BCUT2D eigenvalue weighted by molar-refractivity contribution is 0.00251. The van der Waals surface area contributed by atoms with Crippen LogP contribution in [-0.2, 0) is 34.5 Å². The summed E-state index contributed by atoms with van der Waals surface area (Å²) in [5, 5.41) is 0. The van der Waals surface area contributed by atoms with Gasteiger partial charge in [0, 0.05) is 35.6 Å². The normalized spacial score (nSPS) is 26.3. The lowest BCUT2D eigenvalue weighted by Crippen LogP contribution is -2.48. The van der Waals surface area contributed by atoms with Crippen LogP contribution in [0.2, 0.25) is 0 Å². The third kappa shape index (κ3) is 6.74. The summed E-state index contributed by atoms with van der Waals surface area (Å²) < 4.78 is 0. The smallest absolute Gasteiger partial charge is 0.116 e. The van der Waals surface area contributed by atoms with E-state index in [-0.39, 0.29) is 21.7 Å². The van der Waals surface area contributed by atoms with Crippen LogP contribution in [0.25, 0.3) is 22.5 Å². The zero-order valence-electron chi connectivity index (χ0n) is 39.2. The molecule has 5 aliphatic rings. The van der Waals surface area contributed by atoms with Crippen LogP contribution < -0.4 is 0 Å². The van der Waals surface area contributed by atoms with Gasteiger partial charge in [0.2, 0.25) is 0 Å². The van der Waals surface area contributed by atoms with Gasteiger partial charge in [-0.2, -0.15) is 0 Å². The summed E-state index contributed by atoms with van der Waals surface area (Å²) in [5.74, 6) is 2.14. The molecule has 4 atom stereocenters. The molecule has 0 saturated heterocycles. The van der Waals surface area contributed by atoms with E-state index in [2.05, 4.69) is 158 Å². The van der Waals surface area contributed by atoms with E-state index in [1.165, 1.54) is 75.9 Å². The molecular weight excluding hydrogens is 733 g/mol. The molecule has 4 unspecified atom stereocenters. The molecule has 316 valence electrons. The summed E-state index contributed by atoms with van der Waals surface area (Å²) in [4.78, 5) is 25.9. The lowest BCUT2D eigenvalue weighted by atomic mass is 9.49. The predicted octanol–water partition coefficient (Wildman–Crippen LogP) is 13.0. The fourth-order valence-corrected chi connectivity index (χ4v) is 12.8. The lowest BCUT2D eigenvalue weighted by Gasteiger charge is -2.55. The largest absolute Gasteiger partial charge is 0.245 e. The fraction of sp³-hybridized carbons (Fsp3) is 0.556. The van der Waals surface area contributed by atoms with Crippen LogP contribution in [0.5, 0.6) is 0 Å². The van der Waals surface area contributed by atoms with E-state index in [1.54, 1.807) is 25.2 Å². The third-order valence-corrected chi connectivity index (χ3v) is 17.1. The molecule has 2 bridgehead atoms. The SMILES string of the molecule is CC(C)(C)c1cc(-c2ccncn2)c2c(c1)C(C)(C)CC2.CC1(C)C2CCC3(C2)C1c1ncncc1CC3(C)C.CC1C(C)(C)c2ccc(-c3ccncn3)cc2C1(C)C. The minimum atomic E-state index is 0.148. The van der Waals surface area contributed by atoms with Gasteiger partial charge in [-0.3, -0.25) is 0 Å². The van der Waals surface area contributed by atoms with Gasteiger partial charge in [-0.15, -0.1) is 0 Å². The van der Waals surface area contributed by atoms with E-state index in [9.17, 15) is 0 Å². The summed E-state index contributed by atoms with van der Waals surface area (Å²) in [6.07, 6.45) is 18.5. The van der Waals surface area contributed by atoms with Crippen molar-refractivity contribution in [2.75, 3.05) is 0 Å². The molecule has 0 amide bonds. The summed E-state index contributed by atoms with van der Waals surface area (Å²) in [6.45, 7) is 33.3. The van der Waals surface area contributed by atoms with Gasteiger partial charge in [0.1, 0.15) is 19.0 Å². The molecular formula is C54H70N6. The highest BCUT2D eigenvalue weighted by molar-refractivity contribution is 5.69. The van der Waals surface area contributed by atoms with Crippen molar-refractivity contribution < 1.29 is 0 Å².